The Morgan fingerprint density at radius 2 is 2.10 bits per heavy atom. The minimum Gasteiger partial charge on any atom is -0.336 e. The summed E-state index contributed by atoms with van der Waals surface area (Å²) in [7, 11) is 0. The highest BCUT2D eigenvalue weighted by molar-refractivity contribution is 6.31. The number of carbonyl (C=O) groups is 1. The summed E-state index contributed by atoms with van der Waals surface area (Å²) >= 11 is 5.77. The maximum absolute atomic E-state index is 13.2. The van der Waals surface area contributed by atoms with Crippen LogP contribution in [0.5, 0.6) is 0 Å². The molecule has 3 nitrogen and oxygen atoms in total. The lowest BCUT2D eigenvalue weighted by molar-refractivity contribution is 0.0642. The summed E-state index contributed by atoms with van der Waals surface area (Å²) < 4.78 is 13.2. The number of carbonyl (C=O) groups excluding carboxylic acids is 1. The van der Waals surface area contributed by atoms with Gasteiger partial charge in [-0.1, -0.05) is 18.5 Å². The summed E-state index contributed by atoms with van der Waals surface area (Å²) in [6.07, 6.45) is 2.83. The second-order valence-corrected chi connectivity index (χ2v) is 5.52. The van der Waals surface area contributed by atoms with Crippen molar-refractivity contribution in [3.8, 4) is 0 Å². The molecule has 1 aliphatic rings. The number of piperidine rings is 1. The number of rotatable bonds is 4. The number of benzene rings is 1. The molecule has 2 rings (SSSR count). The maximum atomic E-state index is 13.2. The van der Waals surface area contributed by atoms with Gasteiger partial charge in [0.25, 0.3) is 5.91 Å². The second kappa shape index (κ2) is 8.57. The molecule has 1 amide bonds. The molecule has 0 saturated carbocycles. The van der Waals surface area contributed by atoms with E-state index in [1.807, 2.05) is 4.90 Å². The van der Waals surface area contributed by atoms with Gasteiger partial charge in [-0.25, -0.2) is 4.39 Å². The predicted octanol–water partition coefficient (Wildman–Crippen LogP) is 3.51. The summed E-state index contributed by atoms with van der Waals surface area (Å²) in [6, 6.07) is 4.44. The van der Waals surface area contributed by atoms with Crippen LogP contribution in [0.15, 0.2) is 18.2 Å². The van der Waals surface area contributed by atoms with Crippen molar-refractivity contribution in [2.45, 2.75) is 32.2 Å². The van der Waals surface area contributed by atoms with E-state index in [4.69, 9.17) is 11.6 Å². The van der Waals surface area contributed by atoms with Gasteiger partial charge in [0.05, 0.1) is 5.02 Å². The second-order valence-electron chi connectivity index (χ2n) is 5.11. The largest absolute Gasteiger partial charge is 0.336 e. The van der Waals surface area contributed by atoms with Crippen molar-refractivity contribution < 1.29 is 9.18 Å². The van der Waals surface area contributed by atoms with E-state index in [2.05, 4.69) is 12.2 Å². The number of nitrogens with zero attached hydrogens (tertiary/aromatic N) is 1. The lowest BCUT2D eigenvalue weighted by Crippen LogP contribution is -2.46. The summed E-state index contributed by atoms with van der Waals surface area (Å²) in [4.78, 5) is 14.5. The molecular formula is C15H21Cl2FN2O. The number of hydrogen-bond donors (Lipinski definition) is 1. The molecule has 6 heteroatoms. The molecule has 1 saturated heterocycles. The van der Waals surface area contributed by atoms with Crippen LogP contribution >= 0.6 is 24.0 Å². The molecule has 0 atom stereocenters. The molecule has 0 radical (unpaired) electrons. The van der Waals surface area contributed by atoms with Gasteiger partial charge in [-0.15, -0.1) is 12.4 Å². The van der Waals surface area contributed by atoms with Gasteiger partial charge in [-0.2, -0.15) is 0 Å². The zero-order valence-electron chi connectivity index (χ0n) is 12.1. The molecule has 0 spiro atoms. The van der Waals surface area contributed by atoms with Crippen molar-refractivity contribution in [1.29, 1.82) is 0 Å². The highest BCUT2D eigenvalue weighted by atomic mass is 35.5. The fourth-order valence-electron chi connectivity index (χ4n) is 2.60. The van der Waals surface area contributed by atoms with Gasteiger partial charge >= 0.3 is 0 Å². The number of nitrogens with one attached hydrogen (secondary N) is 1. The highest BCUT2D eigenvalue weighted by Gasteiger charge is 2.25. The fourth-order valence-corrected chi connectivity index (χ4v) is 2.78. The van der Waals surface area contributed by atoms with Crippen LogP contribution in [0.25, 0.3) is 0 Å². The summed E-state index contributed by atoms with van der Waals surface area (Å²) in [5.41, 5.74) is 0.461. The van der Waals surface area contributed by atoms with Gasteiger partial charge in [-0.05, 0) is 50.6 Å². The Morgan fingerprint density at radius 3 is 2.67 bits per heavy atom. The molecule has 1 aromatic carbocycles. The van der Waals surface area contributed by atoms with Crippen LogP contribution in [0, 0.1) is 5.82 Å². The maximum Gasteiger partial charge on any atom is 0.254 e. The van der Waals surface area contributed by atoms with E-state index in [0.717, 1.165) is 38.9 Å². The van der Waals surface area contributed by atoms with Crippen molar-refractivity contribution >= 4 is 29.9 Å². The molecule has 118 valence electrons. The molecule has 1 aromatic rings. The SMILES string of the molecule is CCCN(C(=O)c1ccc(F)c(Cl)c1)C1CCNCC1.Cl. The van der Waals surface area contributed by atoms with Crippen LogP contribution in [0.2, 0.25) is 5.02 Å². The Hall–Kier alpha value is -0.840. The third-order valence-electron chi connectivity index (χ3n) is 3.64. The Bertz CT molecular complexity index is 479. The lowest BCUT2D eigenvalue weighted by atomic mass is 10.0. The Kier molecular flexibility index (Phi) is 7.43. The zero-order chi connectivity index (χ0) is 14.5. The van der Waals surface area contributed by atoms with Crippen molar-refractivity contribution in [3.63, 3.8) is 0 Å². The smallest absolute Gasteiger partial charge is 0.254 e. The first-order chi connectivity index (χ1) is 9.63. The van der Waals surface area contributed by atoms with Gasteiger partial charge in [0.1, 0.15) is 5.82 Å². The molecule has 0 unspecified atom stereocenters. The van der Waals surface area contributed by atoms with E-state index in [1.165, 1.54) is 18.2 Å². The molecule has 1 heterocycles. The van der Waals surface area contributed by atoms with E-state index >= 15 is 0 Å². The molecule has 1 aliphatic heterocycles. The Morgan fingerprint density at radius 1 is 1.43 bits per heavy atom. The zero-order valence-corrected chi connectivity index (χ0v) is 13.6. The van der Waals surface area contributed by atoms with Crippen molar-refractivity contribution in [2.75, 3.05) is 19.6 Å². The number of amides is 1. The first kappa shape index (κ1) is 18.2. The lowest BCUT2D eigenvalue weighted by Gasteiger charge is -2.34. The molecule has 0 bridgehead atoms. The molecule has 0 aliphatic carbocycles. The summed E-state index contributed by atoms with van der Waals surface area (Å²) in [5, 5.41) is 3.30. The standard InChI is InChI=1S/C15H20ClFN2O.ClH/c1-2-9-19(12-5-7-18-8-6-12)15(20)11-3-4-14(17)13(16)10-11;/h3-4,10,12,18H,2,5-9H2,1H3;1H. The van der Waals surface area contributed by atoms with E-state index in [-0.39, 0.29) is 29.4 Å². The van der Waals surface area contributed by atoms with Gasteiger partial charge in [0, 0.05) is 18.2 Å². The fraction of sp³-hybridized carbons (Fsp3) is 0.533. The minimum atomic E-state index is -0.493. The van der Waals surface area contributed by atoms with Crippen LogP contribution in [-0.2, 0) is 0 Å². The highest BCUT2D eigenvalue weighted by Crippen LogP contribution is 2.20. The van der Waals surface area contributed by atoms with E-state index in [0.29, 0.717) is 5.56 Å². The quantitative estimate of drug-likeness (QED) is 0.913. The van der Waals surface area contributed by atoms with E-state index in [1.54, 1.807) is 0 Å². The number of halogens is 3. The Balaban J connectivity index is 0.00000220. The molecular weight excluding hydrogens is 314 g/mol. The molecule has 1 fully saturated rings. The van der Waals surface area contributed by atoms with Crippen LogP contribution in [0.4, 0.5) is 4.39 Å². The van der Waals surface area contributed by atoms with Gasteiger partial charge in [0.2, 0.25) is 0 Å². The third kappa shape index (κ3) is 4.56. The number of hydrogen-bond acceptors (Lipinski definition) is 2. The Labute approximate surface area is 136 Å². The van der Waals surface area contributed by atoms with Gasteiger partial charge in [0.15, 0.2) is 0 Å². The van der Waals surface area contributed by atoms with Crippen LogP contribution in [-0.4, -0.2) is 36.5 Å². The molecule has 1 N–H and O–H groups in total. The predicted molar refractivity (Wildman–Crippen MR) is 85.9 cm³/mol. The average molecular weight is 335 g/mol. The normalized spacial score (nSPS) is 15.4. The first-order valence-corrected chi connectivity index (χ1v) is 7.48. The minimum absolute atomic E-state index is 0. The van der Waals surface area contributed by atoms with Crippen molar-refractivity contribution in [1.82, 2.24) is 10.2 Å². The van der Waals surface area contributed by atoms with Gasteiger partial charge in [-0.3, -0.25) is 4.79 Å². The van der Waals surface area contributed by atoms with Crippen LogP contribution in [0.3, 0.4) is 0 Å². The van der Waals surface area contributed by atoms with E-state index in [9.17, 15) is 9.18 Å². The summed E-state index contributed by atoms with van der Waals surface area (Å²) in [6.45, 7) is 4.64. The summed E-state index contributed by atoms with van der Waals surface area (Å²) in [5.74, 6) is -0.548. The van der Waals surface area contributed by atoms with Crippen LogP contribution < -0.4 is 5.32 Å². The topological polar surface area (TPSA) is 32.3 Å². The van der Waals surface area contributed by atoms with Gasteiger partial charge < -0.3 is 10.2 Å². The van der Waals surface area contributed by atoms with Crippen molar-refractivity contribution in [3.05, 3.63) is 34.6 Å². The monoisotopic (exact) mass is 334 g/mol. The van der Waals surface area contributed by atoms with Crippen LogP contribution in [0.1, 0.15) is 36.5 Å². The first-order valence-electron chi connectivity index (χ1n) is 7.10. The molecule has 0 aromatic heterocycles. The van der Waals surface area contributed by atoms with E-state index < -0.39 is 5.82 Å². The average Bonchev–Trinajstić information content (AvgIpc) is 2.48. The third-order valence-corrected chi connectivity index (χ3v) is 3.93. The van der Waals surface area contributed by atoms with Crippen molar-refractivity contribution in [2.24, 2.45) is 0 Å². The molecule has 21 heavy (non-hydrogen) atoms.